The SMILES string of the molecule is CCN1C(=O)/C(=C\c2ccc(N3CCOCC3)c([N+](=O)[O-])c2)SC1=S. The summed E-state index contributed by atoms with van der Waals surface area (Å²) >= 11 is 6.40. The van der Waals surface area contributed by atoms with Gasteiger partial charge in [0.1, 0.15) is 10.0 Å². The maximum absolute atomic E-state index is 12.3. The lowest BCUT2D eigenvalue weighted by Gasteiger charge is -2.28. The summed E-state index contributed by atoms with van der Waals surface area (Å²) in [6.07, 6.45) is 1.66. The standard InChI is InChI=1S/C16H17N3O4S2/c1-2-18-15(20)14(25-16(18)24)10-11-3-4-12(13(9-11)19(21)22)17-5-7-23-8-6-17/h3-4,9-10H,2,5-8H2,1H3/b14-10+. The summed E-state index contributed by atoms with van der Waals surface area (Å²) < 4.78 is 5.81. The molecule has 0 radical (unpaired) electrons. The number of likely N-dealkylation sites (N-methyl/N-ethyl adjacent to an activating group) is 1. The van der Waals surface area contributed by atoms with Gasteiger partial charge in [-0.3, -0.25) is 19.8 Å². The van der Waals surface area contributed by atoms with Gasteiger partial charge in [-0.2, -0.15) is 0 Å². The second kappa shape index (κ2) is 7.51. The van der Waals surface area contributed by atoms with Crippen LogP contribution in [0.5, 0.6) is 0 Å². The average Bonchev–Trinajstić information content (AvgIpc) is 2.88. The van der Waals surface area contributed by atoms with Crippen molar-refractivity contribution >= 4 is 51.7 Å². The molecule has 2 aliphatic rings. The lowest BCUT2D eigenvalue weighted by Crippen LogP contribution is -2.36. The molecule has 0 aromatic heterocycles. The summed E-state index contributed by atoms with van der Waals surface area (Å²) in [5.74, 6) is -0.155. The van der Waals surface area contributed by atoms with E-state index in [0.717, 1.165) is 0 Å². The number of hydrogen-bond donors (Lipinski definition) is 0. The molecule has 1 aromatic rings. The number of rotatable bonds is 4. The van der Waals surface area contributed by atoms with Crippen LogP contribution in [0.15, 0.2) is 23.1 Å². The molecule has 0 saturated carbocycles. The third-order valence-electron chi connectivity index (χ3n) is 4.04. The fourth-order valence-electron chi connectivity index (χ4n) is 2.77. The Balaban J connectivity index is 1.92. The first-order valence-corrected chi connectivity index (χ1v) is 9.10. The van der Waals surface area contributed by atoms with Gasteiger partial charge < -0.3 is 9.64 Å². The van der Waals surface area contributed by atoms with E-state index < -0.39 is 0 Å². The summed E-state index contributed by atoms with van der Waals surface area (Å²) in [6, 6.07) is 5.02. The molecular weight excluding hydrogens is 362 g/mol. The highest BCUT2D eigenvalue weighted by Gasteiger charge is 2.31. The Kier molecular flexibility index (Phi) is 5.36. The molecule has 9 heteroatoms. The van der Waals surface area contributed by atoms with E-state index in [1.54, 1.807) is 18.2 Å². The average molecular weight is 379 g/mol. The monoisotopic (exact) mass is 379 g/mol. The van der Waals surface area contributed by atoms with Gasteiger partial charge in [0.15, 0.2) is 0 Å². The maximum Gasteiger partial charge on any atom is 0.293 e. The molecule has 0 N–H and O–H groups in total. The van der Waals surface area contributed by atoms with Gasteiger partial charge in [0.25, 0.3) is 11.6 Å². The number of carbonyl (C=O) groups excluding carboxylic acids is 1. The number of thiocarbonyl (C=S) groups is 1. The molecule has 1 amide bonds. The number of nitrogens with zero attached hydrogens (tertiary/aromatic N) is 3. The van der Waals surface area contributed by atoms with Gasteiger partial charge in [0.2, 0.25) is 0 Å². The molecule has 0 spiro atoms. The zero-order valence-corrected chi connectivity index (χ0v) is 15.3. The fourth-order valence-corrected chi connectivity index (χ4v) is 4.16. The lowest BCUT2D eigenvalue weighted by molar-refractivity contribution is -0.384. The van der Waals surface area contributed by atoms with Crippen LogP contribution in [0.25, 0.3) is 6.08 Å². The van der Waals surface area contributed by atoms with Gasteiger partial charge >= 0.3 is 0 Å². The molecule has 132 valence electrons. The van der Waals surface area contributed by atoms with Gasteiger partial charge in [-0.15, -0.1) is 0 Å². The molecule has 0 atom stereocenters. The number of nitro groups is 1. The summed E-state index contributed by atoms with van der Waals surface area (Å²) in [5, 5.41) is 11.5. The van der Waals surface area contributed by atoms with E-state index in [0.29, 0.717) is 53.3 Å². The minimum atomic E-state index is -0.389. The topological polar surface area (TPSA) is 75.9 Å². The van der Waals surface area contributed by atoms with Crippen molar-refractivity contribution < 1.29 is 14.5 Å². The third kappa shape index (κ3) is 3.68. The van der Waals surface area contributed by atoms with Crippen molar-refractivity contribution in [3.05, 3.63) is 38.8 Å². The minimum absolute atomic E-state index is 0.0293. The van der Waals surface area contributed by atoms with Gasteiger partial charge in [-0.25, -0.2) is 0 Å². The molecule has 2 saturated heterocycles. The van der Waals surface area contributed by atoms with Crippen LogP contribution in [0.4, 0.5) is 11.4 Å². The number of amides is 1. The molecule has 25 heavy (non-hydrogen) atoms. The Morgan fingerprint density at radius 2 is 2.12 bits per heavy atom. The number of ether oxygens (including phenoxy) is 1. The number of thioether (sulfide) groups is 1. The van der Waals surface area contributed by atoms with E-state index in [1.165, 1.54) is 22.7 Å². The van der Waals surface area contributed by atoms with Crippen molar-refractivity contribution in [2.45, 2.75) is 6.92 Å². The van der Waals surface area contributed by atoms with Crippen LogP contribution in [-0.4, -0.2) is 52.9 Å². The van der Waals surface area contributed by atoms with Crippen molar-refractivity contribution in [1.82, 2.24) is 4.90 Å². The summed E-state index contributed by atoms with van der Waals surface area (Å²) in [6.45, 7) is 4.72. The van der Waals surface area contributed by atoms with Crippen LogP contribution < -0.4 is 4.90 Å². The molecule has 2 heterocycles. The Morgan fingerprint density at radius 3 is 2.72 bits per heavy atom. The number of hydrogen-bond acceptors (Lipinski definition) is 7. The Hall–Kier alpha value is -1.97. The van der Waals surface area contributed by atoms with E-state index in [1.807, 2.05) is 11.8 Å². The first-order chi connectivity index (χ1) is 12.0. The molecule has 0 unspecified atom stereocenters. The van der Waals surface area contributed by atoms with Gasteiger partial charge in [0.05, 0.1) is 23.0 Å². The van der Waals surface area contributed by atoms with Crippen LogP contribution >= 0.6 is 24.0 Å². The maximum atomic E-state index is 12.3. The summed E-state index contributed by atoms with van der Waals surface area (Å²) in [4.78, 5) is 27.3. The van der Waals surface area contributed by atoms with Crippen molar-refractivity contribution in [2.24, 2.45) is 0 Å². The van der Waals surface area contributed by atoms with Gasteiger partial charge in [-0.1, -0.05) is 30.0 Å². The van der Waals surface area contributed by atoms with Crippen LogP contribution in [0.1, 0.15) is 12.5 Å². The Bertz CT molecular complexity index is 760. The van der Waals surface area contributed by atoms with Crippen molar-refractivity contribution in [2.75, 3.05) is 37.7 Å². The molecule has 0 bridgehead atoms. The van der Waals surface area contributed by atoms with Crippen LogP contribution in [-0.2, 0) is 9.53 Å². The van der Waals surface area contributed by atoms with Crippen LogP contribution in [0, 0.1) is 10.1 Å². The van der Waals surface area contributed by atoms with Crippen molar-refractivity contribution in [1.29, 1.82) is 0 Å². The summed E-state index contributed by atoms with van der Waals surface area (Å²) in [5.41, 5.74) is 1.22. The molecule has 2 fully saturated rings. The third-order valence-corrected chi connectivity index (χ3v) is 5.41. The minimum Gasteiger partial charge on any atom is -0.378 e. The second-order valence-corrected chi connectivity index (χ2v) is 7.21. The largest absolute Gasteiger partial charge is 0.378 e. The van der Waals surface area contributed by atoms with Gasteiger partial charge in [-0.05, 0) is 24.6 Å². The zero-order chi connectivity index (χ0) is 18.0. The van der Waals surface area contributed by atoms with Crippen LogP contribution in [0.3, 0.4) is 0 Å². The Morgan fingerprint density at radius 1 is 1.40 bits per heavy atom. The number of benzene rings is 1. The first kappa shape index (κ1) is 17.8. The van der Waals surface area contributed by atoms with Crippen molar-refractivity contribution in [3.8, 4) is 0 Å². The van der Waals surface area contributed by atoms with E-state index in [-0.39, 0.29) is 16.5 Å². The number of nitro benzene ring substituents is 1. The highest BCUT2D eigenvalue weighted by atomic mass is 32.2. The van der Waals surface area contributed by atoms with E-state index in [2.05, 4.69) is 0 Å². The first-order valence-electron chi connectivity index (χ1n) is 7.87. The molecule has 2 aliphatic heterocycles. The number of morpholine rings is 1. The normalized spacial score (nSPS) is 19.8. The summed E-state index contributed by atoms with van der Waals surface area (Å²) in [7, 11) is 0. The Labute approximate surface area is 154 Å². The molecule has 0 aliphatic carbocycles. The smallest absolute Gasteiger partial charge is 0.293 e. The van der Waals surface area contributed by atoms with E-state index >= 15 is 0 Å². The number of carbonyl (C=O) groups is 1. The molecule has 3 rings (SSSR count). The number of anilines is 1. The van der Waals surface area contributed by atoms with E-state index in [9.17, 15) is 14.9 Å². The molecule has 1 aromatic carbocycles. The zero-order valence-electron chi connectivity index (χ0n) is 13.6. The second-order valence-electron chi connectivity index (χ2n) is 5.53. The highest BCUT2D eigenvalue weighted by molar-refractivity contribution is 8.26. The quantitative estimate of drug-likeness (QED) is 0.344. The van der Waals surface area contributed by atoms with Crippen molar-refractivity contribution in [3.63, 3.8) is 0 Å². The highest BCUT2D eigenvalue weighted by Crippen LogP contribution is 2.35. The predicted octanol–water partition coefficient (Wildman–Crippen LogP) is 2.65. The fraction of sp³-hybridized carbons (Fsp3) is 0.375. The van der Waals surface area contributed by atoms with Crippen LogP contribution in [0.2, 0.25) is 0 Å². The van der Waals surface area contributed by atoms with E-state index in [4.69, 9.17) is 17.0 Å². The van der Waals surface area contributed by atoms with Gasteiger partial charge in [0, 0.05) is 25.7 Å². The lowest BCUT2D eigenvalue weighted by atomic mass is 10.1. The predicted molar refractivity (Wildman–Crippen MR) is 102 cm³/mol. The molecular formula is C16H17N3O4S2. The molecule has 7 nitrogen and oxygen atoms in total.